The van der Waals surface area contributed by atoms with Crippen molar-refractivity contribution in [3.05, 3.63) is 0 Å². The van der Waals surface area contributed by atoms with Crippen LogP contribution in [0.25, 0.3) is 0 Å². The minimum absolute atomic E-state index is 0.0135. The number of aliphatic hydroxyl groups excluding tert-OH is 1. The van der Waals surface area contributed by atoms with E-state index < -0.39 is 6.10 Å². The monoisotopic (exact) mass is 202 g/mol. The Hall–Kier alpha value is -0.610. The van der Waals surface area contributed by atoms with E-state index in [1.165, 1.54) is 0 Å². The van der Waals surface area contributed by atoms with Crippen molar-refractivity contribution < 1.29 is 9.90 Å². The van der Waals surface area contributed by atoms with E-state index in [4.69, 9.17) is 5.11 Å². The van der Waals surface area contributed by atoms with Crippen LogP contribution < -0.4 is 5.32 Å². The third-order valence-corrected chi connectivity index (χ3v) is 2.27. The third kappa shape index (κ3) is 6.86. The second kappa shape index (κ2) is 6.79. The Morgan fingerprint density at radius 2 is 2.00 bits per heavy atom. The topological polar surface area (TPSA) is 52.6 Å². The van der Waals surface area contributed by atoms with Gasteiger partial charge in [-0.1, -0.05) is 0 Å². The number of rotatable bonds is 6. The highest BCUT2D eigenvalue weighted by Gasteiger charge is 2.07. The summed E-state index contributed by atoms with van der Waals surface area (Å²) in [7, 11) is 3.96. The minimum atomic E-state index is -0.396. The lowest BCUT2D eigenvalue weighted by molar-refractivity contribution is -0.121. The van der Waals surface area contributed by atoms with Crippen LogP contribution in [0.3, 0.4) is 0 Å². The average Bonchev–Trinajstić information content (AvgIpc) is 2.10. The summed E-state index contributed by atoms with van der Waals surface area (Å²) < 4.78 is 0. The van der Waals surface area contributed by atoms with Crippen LogP contribution >= 0.6 is 0 Å². The minimum Gasteiger partial charge on any atom is -0.393 e. The van der Waals surface area contributed by atoms with Crippen LogP contribution in [0.15, 0.2) is 0 Å². The van der Waals surface area contributed by atoms with E-state index in [1.54, 1.807) is 6.92 Å². The number of carbonyl (C=O) groups excluding carboxylic acids is 1. The third-order valence-electron chi connectivity index (χ3n) is 2.27. The average molecular weight is 202 g/mol. The molecule has 0 aromatic rings. The maximum atomic E-state index is 11.2. The van der Waals surface area contributed by atoms with Crippen LogP contribution in [-0.4, -0.2) is 48.7 Å². The van der Waals surface area contributed by atoms with E-state index in [-0.39, 0.29) is 5.91 Å². The highest BCUT2D eigenvalue weighted by atomic mass is 16.3. The van der Waals surface area contributed by atoms with Gasteiger partial charge in [-0.15, -0.1) is 0 Å². The van der Waals surface area contributed by atoms with Crippen molar-refractivity contribution in [2.24, 2.45) is 0 Å². The van der Waals surface area contributed by atoms with Gasteiger partial charge in [-0.3, -0.25) is 4.79 Å². The molecule has 4 nitrogen and oxygen atoms in total. The van der Waals surface area contributed by atoms with Gasteiger partial charge in [-0.05, 0) is 34.4 Å². The number of nitrogens with one attached hydrogen (secondary N) is 1. The summed E-state index contributed by atoms with van der Waals surface area (Å²) in [6, 6.07) is 0.338. The van der Waals surface area contributed by atoms with Gasteiger partial charge in [0.2, 0.25) is 5.91 Å². The van der Waals surface area contributed by atoms with Crippen molar-refractivity contribution in [1.29, 1.82) is 0 Å². The number of hydrogen-bond acceptors (Lipinski definition) is 3. The second-order valence-corrected chi connectivity index (χ2v) is 4.00. The van der Waals surface area contributed by atoms with E-state index in [0.29, 0.717) is 25.4 Å². The lowest BCUT2D eigenvalue weighted by Crippen LogP contribution is -2.38. The second-order valence-electron chi connectivity index (χ2n) is 4.00. The molecule has 0 saturated heterocycles. The van der Waals surface area contributed by atoms with Crippen LogP contribution in [0.5, 0.6) is 0 Å². The Bertz CT molecular complexity index is 170. The molecular formula is C10H22N2O2. The van der Waals surface area contributed by atoms with Gasteiger partial charge >= 0.3 is 0 Å². The van der Waals surface area contributed by atoms with E-state index >= 15 is 0 Å². The van der Waals surface area contributed by atoms with Gasteiger partial charge in [-0.25, -0.2) is 0 Å². The van der Waals surface area contributed by atoms with Crippen LogP contribution in [0.1, 0.15) is 26.7 Å². The van der Waals surface area contributed by atoms with Gasteiger partial charge in [0.1, 0.15) is 0 Å². The molecule has 0 bridgehead atoms. The maximum absolute atomic E-state index is 11.2. The fraction of sp³-hybridized carbons (Fsp3) is 0.900. The van der Waals surface area contributed by atoms with Crippen molar-refractivity contribution in [3.8, 4) is 0 Å². The van der Waals surface area contributed by atoms with E-state index in [1.807, 2.05) is 14.1 Å². The van der Waals surface area contributed by atoms with E-state index in [9.17, 15) is 4.79 Å². The molecular weight excluding hydrogens is 180 g/mol. The highest BCUT2D eigenvalue weighted by Crippen LogP contribution is 1.95. The summed E-state index contributed by atoms with van der Waals surface area (Å²) >= 11 is 0. The molecule has 2 atom stereocenters. The quantitative estimate of drug-likeness (QED) is 0.647. The fourth-order valence-electron chi connectivity index (χ4n) is 0.872. The van der Waals surface area contributed by atoms with Gasteiger partial charge in [0.25, 0.3) is 0 Å². The largest absolute Gasteiger partial charge is 0.393 e. The first kappa shape index (κ1) is 13.4. The van der Waals surface area contributed by atoms with Gasteiger partial charge in [0.15, 0.2) is 0 Å². The van der Waals surface area contributed by atoms with Gasteiger partial charge < -0.3 is 15.3 Å². The van der Waals surface area contributed by atoms with Crippen LogP contribution in [0.4, 0.5) is 0 Å². The summed E-state index contributed by atoms with van der Waals surface area (Å²) in [5.41, 5.74) is 0. The van der Waals surface area contributed by atoms with Crippen molar-refractivity contribution in [2.45, 2.75) is 38.8 Å². The number of hydrogen-bond donors (Lipinski definition) is 2. The molecule has 1 amide bonds. The van der Waals surface area contributed by atoms with E-state index in [0.717, 1.165) is 0 Å². The summed E-state index contributed by atoms with van der Waals surface area (Å²) in [5, 5.41) is 11.8. The maximum Gasteiger partial charge on any atom is 0.220 e. The van der Waals surface area contributed by atoms with Crippen LogP contribution in [-0.2, 0) is 4.79 Å². The zero-order valence-corrected chi connectivity index (χ0v) is 9.58. The lowest BCUT2D eigenvalue weighted by Gasteiger charge is -2.20. The molecule has 4 heteroatoms. The van der Waals surface area contributed by atoms with Crippen LogP contribution in [0, 0.1) is 0 Å². The van der Waals surface area contributed by atoms with E-state index in [2.05, 4.69) is 17.1 Å². The molecule has 2 N–H and O–H groups in total. The molecule has 0 aliphatic carbocycles. The summed E-state index contributed by atoms with van der Waals surface area (Å²) in [6.45, 7) is 4.40. The zero-order valence-electron chi connectivity index (χ0n) is 9.58. The lowest BCUT2D eigenvalue weighted by atomic mass is 10.2. The first-order chi connectivity index (χ1) is 6.43. The summed E-state index contributed by atoms with van der Waals surface area (Å²) in [5.74, 6) is 0.0135. The standard InChI is InChI=1S/C10H22N2O2/c1-8(12(3)4)7-11-10(14)6-5-9(2)13/h8-9,13H,5-7H2,1-4H3,(H,11,14). The molecule has 14 heavy (non-hydrogen) atoms. The Kier molecular flexibility index (Phi) is 6.49. The summed E-state index contributed by atoms with van der Waals surface area (Å²) in [6.07, 6.45) is 0.534. The van der Waals surface area contributed by atoms with Crippen molar-refractivity contribution in [3.63, 3.8) is 0 Å². The number of nitrogens with zero attached hydrogens (tertiary/aromatic N) is 1. The van der Waals surface area contributed by atoms with Crippen LogP contribution in [0.2, 0.25) is 0 Å². The van der Waals surface area contributed by atoms with Crippen molar-refractivity contribution in [1.82, 2.24) is 10.2 Å². The van der Waals surface area contributed by atoms with Gasteiger partial charge in [-0.2, -0.15) is 0 Å². The molecule has 2 unspecified atom stereocenters. The Morgan fingerprint density at radius 1 is 1.43 bits per heavy atom. The molecule has 0 aromatic carbocycles. The number of carbonyl (C=O) groups is 1. The SMILES string of the molecule is CC(O)CCC(=O)NCC(C)N(C)C. The number of likely N-dealkylation sites (N-methyl/N-ethyl adjacent to an activating group) is 1. The number of amides is 1. The van der Waals surface area contributed by atoms with Gasteiger partial charge in [0, 0.05) is 19.0 Å². The number of aliphatic hydroxyl groups is 1. The van der Waals surface area contributed by atoms with Gasteiger partial charge in [0.05, 0.1) is 6.10 Å². The summed E-state index contributed by atoms with van der Waals surface area (Å²) in [4.78, 5) is 13.3. The fourth-order valence-corrected chi connectivity index (χ4v) is 0.872. The molecule has 0 aromatic heterocycles. The first-order valence-electron chi connectivity index (χ1n) is 5.04. The van der Waals surface area contributed by atoms with Crippen molar-refractivity contribution >= 4 is 5.91 Å². The Balaban J connectivity index is 3.54. The Labute approximate surface area is 86.3 Å². The molecule has 0 radical (unpaired) electrons. The Morgan fingerprint density at radius 3 is 2.43 bits per heavy atom. The molecule has 0 heterocycles. The molecule has 0 aliphatic heterocycles. The van der Waals surface area contributed by atoms with Crippen molar-refractivity contribution in [2.75, 3.05) is 20.6 Å². The molecule has 0 rings (SSSR count). The predicted molar refractivity (Wildman–Crippen MR) is 57.1 cm³/mol. The predicted octanol–water partition coefficient (Wildman–Crippen LogP) is 0.214. The first-order valence-corrected chi connectivity index (χ1v) is 5.04. The molecule has 0 fully saturated rings. The zero-order chi connectivity index (χ0) is 11.1. The molecule has 84 valence electrons. The highest BCUT2D eigenvalue weighted by molar-refractivity contribution is 5.75. The smallest absolute Gasteiger partial charge is 0.220 e. The molecule has 0 aliphatic rings. The molecule has 0 saturated carbocycles. The normalized spacial score (nSPS) is 15.3. The molecule has 0 spiro atoms.